The molecule has 2 saturated heterocycles. The first-order valence-corrected chi connectivity index (χ1v) is 10.1. The van der Waals surface area contributed by atoms with Gasteiger partial charge in [0.15, 0.2) is 0 Å². The minimum atomic E-state index is -0.0268. The molecule has 26 heavy (non-hydrogen) atoms. The van der Waals surface area contributed by atoms with Gasteiger partial charge in [0.2, 0.25) is 11.8 Å². The van der Waals surface area contributed by atoms with E-state index in [0.717, 1.165) is 42.4 Å². The Morgan fingerprint density at radius 1 is 1.31 bits per heavy atom. The summed E-state index contributed by atoms with van der Waals surface area (Å²) in [7, 11) is 0. The van der Waals surface area contributed by atoms with E-state index in [1.807, 2.05) is 37.8 Å². The number of amides is 1. The molecule has 2 aliphatic rings. The summed E-state index contributed by atoms with van der Waals surface area (Å²) in [4.78, 5) is 16.9. The molecule has 0 bridgehead atoms. The van der Waals surface area contributed by atoms with Crippen molar-refractivity contribution in [1.29, 1.82) is 0 Å². The lowest BCUT2D eigenvalue weighted by atomic mass is 9.72. The average molecular weight is 375 g/mol. The fourth-order valence-electron chi connectivity index (χ4n) is 4.07. The summed E-state index contributed by atoms with van der Waals surface area (Å²) in [6.07, 6.45) is 1.84. The van der Waals surface area contributed by atoms with Gasteiger partial charge in [-0.1, -0.05) is 13.8 Å². The number of aryl methyl sites for hydroxylation is 1. The molecule has 6 nitrogen and oxygen atoms in total. The van der Waals surface area contributed by atoms with Gasteiger partial charge in [-0.3, -0.25) is 4.79 Å². The van der Waals surface area contributed by atoms with Gasteiger partial charge < -0.3 is 14.1 Å². The quantitative estimate of drug-likeness (QED) is 0.820. The maximum atomic E-state index is 13.0. The highest BCUT2D eigenvalue weighted by Crippen LogP contribution is 2.49. The van der Waals surface area contributed by atoms with Crippen molar-refractivity contribution < 1.29 is 13.9 Å². The Labute approximate surface area is 157 Å². The lowest BCUT2D eigenvalue weighted by molar-refractivity contribution is 0.00890. The van der Waals surface area contributed by atoms with E-state index in [9.17, 15) is 4.79 Å². The summed E-state index contributed by atoms with van der Waals surface area (Å²) >= 11 is 1.56. The Balaban J connectivity index is 1.63. The van der Waals surface area contributed by atoms with Crippen LogP contribution in [0.2, 0.25) is 0 Å². The molecule has 0 aliphatic carbocycles. The van der Waals surface area contributed by atoms with E-state index in [0.29, 0.717) is 18.3 Å². The molecule has 0 aromatic carbocycles. The highest BCUT2D eigenvalue weighted by molar-refractivity contribution is 7.13. The lowest BCUT2D eigenvalue weighted by Crippen LogP contribution is -2.37. The Kier molecular flexibility index (Phi) is 4.61. The molecular formula is C19H25N3O3S. The molecule has 1 spiro atoms. The van der Waals surface area contributed by atoms with Gasteiger partial charge in [0.05, 0.1) is 10.8 Å². The van der Waals surface area contributed by atoms with Crippen molar-refractivity contribution in [3.8, 4) is 0 Å². The first-order chi connectivity index (χ1) is 12.5. The van der Waals surface area contributed by atoms with Crippen molar-refractivity contribution in [1.82, 2.24) is 15.1 Å². The van der Waals surface area contributed by atoms with Crippen molar-refractivity contribution in [2.45, 2.75) is 45.4 Å². The third kappa shape index (κ3) is 3.07. The maximum absolute atomic E-state index is 13.0. The first kappa shape index (κ1) is 17.7. The zero-order chi connectivity index (χ0) is 18.3. The second-order valence-electron chi connectivity index (χ2n) is 7.76. The molecule has 0 N–H and O–H groups in total. The van der Waals surface area contributed by atoms with Gasteiger partial charge in [-0.15, -0.1) is 21.5 Å². The van der Waals surface area contributed by atoms with Gasteiger partial charge in [0, 0.05) is 42.5 Å². The Morgan fingerprint density at radius 2 is 2.08 bits per heavy atom. The maximum Gasteiger partial charge on any atom is 0.263 e. The number of nitrogens with zero attached hydrogens (tertiary/aromatic N) is 3. The first-order valence-electron chi connectivity index (χ1n) is 9.25. The van der Waals surface area contributed by atoms with E-state index in [1.165, 1.54) is 0 Å². The number of rotatable bonds is 3. The number of carbonyl (C=O) groups is 1. The SMILES string of the molecule is Cc1ccc(C(=O)N2CC(c3nnc(C(C)C)o3)C3(CCOCC3)C2)s1. The van der Waals surface area contributed by atoms with Gasteiger partial charge in [0.1, 0.15) is 0 Å². The highest BCUT2D eigenvalue weighted by atomic mass is 32.1. The summed E-state index contributed by atoms with van der Waals surface area (Å²) in [6.45, 7) is 8.94. The molecule has 2 aromatic rings. The fraction of sp³-hybridized carbons (Fsp3) is 0.632. The van der Waals surface area contributed by atoms with Crippen molar-refractivity contribution in [3.05, 3.63) is 33.7 Å². The second-order valence-corrected chi connectivity index (χ2v) is 9.04. The second kappa shape index (κ2) is 6.78. The summed E-state index contributed by atoms with van der Waals surface area (Å²) in [5.74, 6) is 1.74. The molecule has 4 rings (SSSR count). The fourth-order valence-corrected chi connectivity index (χ4v) is 4.91. The Bertz CT molecular complexity index is 792. The van der Waals surface area contributed by atoms with Crippen LogP contribution in [0.3, 0.4) is 0 Å². The van der Waals surface area contributed by atoms with Gasteiger partial charge in [-0.2, -0.15) is 0 Å². The average Bonchev–Trinajstić information content (AvgIpc) is 3.34. The van der Waals surface area contributed by atoms with Crippen LogP contribution in [0.25, 0.3) is 0 Å². The van der Waals surface area contributed by atoms with E-state index in [-0.39, 0.29) is 23.2 Å². The summed E-state index contributed by atoms with van der Waals surface area (Å²) < 4.78 is 11.6. The van der Waals surface area contributed by atoms with Gasteiger partial charge >= 0.3 is 0 Å². The van der Waals surface area contributed by atoms with E-state index < -0.39 is 0 Å². The van der Waals surface area contributed by atoms with Crippen molar-refractivity contribution >= 4 is 17.2 Å². The summed E-state index contributed by atoms with van der Waals surface area (Å²) in [5.41, 5.74) is -0.0268. The molecule has 4 heterocycles. The normalized spacial score (nSPS) is 22.5. The molecule has 0 saturated carbocycles. The third-order valence-electron chi connectivity index (χ3n) is 5.62. The van der Waals surface area contributed by atoms with Crippen LogP contribution in [0.1, 0.15) is 64.9 Å². The molecule has 2 aliphatic heterocycles. The van der Waals surface area contributed by atoms with E-state index in [2.05, 4.69) is 10.2 Å². The van der Waals surface area contributed by atoms with Crippen molar-refractivity contribution in [2.24, 2.45) is 5.41 Å². The van der Waals surface area contributed by atoms with Gasteiger partial charge in [-0.25, -0.2) is 0 Å². The van der Waals surface area contributed by atoms with Gasteiger partial charge in [-0.05, 0) is 31.9 Å². The predicted molar refractivity (Wildman–Crippen MR) is 98.6 cm³/mol. The molecule has 2 fully saturated rings. The molecule has 7 heteroatoms. The van der Waals surface area contributed by atoms with Gasteiger partial charge in [0.25, 0.3) is 5.91 Å². The van der Waals surface area contributed by atoms with Crippen LogP contribution in [0.15, 0.2) is 16.5 Å². The van der Waals surface area contributed by atoms with Crippen LogP contribution < -0.4 is 0 Å². The zero-order valence-corrected chi connectivity index (χ0v) is 16.3. The van der Waals surface area contributed by atoms with Crippen LogP contribution in [-0.2, 0) is 4.74 Å². The predicted octanol–water partition coefficient (Wildman–Crippen LogP) is 3.60. The minimum absolute atomic E-state index is 0.0268. The highest BCUT2D eigenvalue weighted by Gasteiger charge is 2.51. The molecule has 1 atom stereocenters. The molecule has 140 valence electrons. The lowest BCUT2D eigenvalue weighted by Gasteiger charge is -2.36. The van der Waals surface area contributed by atoms with E-state index in [4.69, 9.17) is 9.15 Å². The molecular weight excluding hydrogens is 350 g/mol. The number of ether oxygens (including phenoxy) is 1. The van der Waals surface area contributed by atoms with E-state index >= 15 is 0 Å². The minimum Gasteiger partial charge on any atom is -0.425 e. The van der Waals surface area contributed by atoms with Crippen molar-refractivity contribution in [2.75, 3.05) is 26.3 Å². The third-order valence-corrected chi connectivity index (χ3v) is 6.61. The van der Waals surface area contributed by atoms with Crippen LogP contribution in [0.5, 0.6) is 0 Å². The summed E-state index contributed by atoms with van der Waals surface area (Å²) in [5, 5.41) is 8.57. The molecule has 2 aromatic heterocycles. The van der Waals surface area contributed by atoms with E-state index in [1.54, 1.807) is 11.3 Å². The summed E-state index contributed by atoms with van der Waals surface area (Å²) in [6, 6.07) is 3.93. The number of carbonyl (C=O) groups excluding carboxylic acids is 1. The van der Waals surface area contributed by atoms with Crippen LogP contribution in [0.4, 0.5) is 0 Å². The van der Waals surface area contributed by atoms with Crippen molar-refractivity contribution in [3.63, 3.8) is 0 Å². The van der Waals surface area contributed by atoms with Crippen LogP contribution in [-0.4, -0.2) is 47.3 Å². The number of aromatic nitrogens is 2. The Hall–Kier alpha value is -1.73. The topological polar surface area (TPSA) is 68.5 Å². The smallest absolute Gasteiger partial charge is 0.263 e. The molecule has 0 radical (unpaired) electrons. The number of hydrogen-bond acceptors (Lipinski definition) is 6. The number of hydrogen-bond donors (Lipinski definition) is 0. The zero-order valence-electron chi connectivity index (χ0n) is 15.5. The van der Waals surface area contributed by atoms with Crippen LogP contribution in [0, 0.1) is 12.3 Å². The Morgan fingerprint density at radius 3 is 2.69 bits per heavy atom. The monoisotopic (exact) mass is 375 g/mol. The van der Waals surface area contributed by atoms with Crippen LogP contribution >= 0.6 is 11.3 Å². The number of thiophene rings is 1. The number of likely N-dealkylation sites (tertiary alicyclic amines) is 1. The molecule has 1 amide bonds. The standard InChI is InChI=1S/C19H25N3O3S/c1-12(2)16-20-21-17(25-16)14-10-22(11-19(14)6-8-24-9-7-19)18(23)15-5-4-13(3)26-15/h4-5,12,14H,6-11H2,1-3H3. The largest absolute Gasteiger partial charge is 0.425 e. The molecule has 1 unspecified atom stereocenters.